The van der Waals surface area contributed by atoms with E-state index in [0.717, 1.165) is 16.7 Å². The maximum absolute atomic E-state index is 11.6. The van der Waals surface area contributed by atoms with Gasteiger partial charge in [0.25, 0.3) is 0 Å². The Labute approximate surface area is 104 Å². The summed E-state index contributed by atoms with van der Waals surface area (Å²) in [6.45, 7) is 10.9. The largest absolute Gasteiger partial charge is 0.228 e. The molecular formula is C13H18O2SSi. The maximum Gasteiger partial charge on any atom is 0.158 e. The third-order valence-electron chi connectivity index (χ3n) is 3.21. The van der Waals surface area contributed by atoms with E-state index < -0.39 is 17.9 Å². The van der Waals surface area contributed by atoms with Gasteiger partial charge in [0.1, 0.15) is 0 Å². The average Bonchev–Trinajstić information content (AvgIpc) is 2.47. The van der Waals surface area contributed by atoms with Crippen molar-refractivity contribution < 1.29 is 8.42 Å². The molecule has 1 heterocycles. The van der Waals surface area contributed by atoms with Gasteiger partial charge in [-0.2, -0.15) is 0 Å². The minimum absolute atomic E-state index is 0.190. The molecule has 0 saturated heterocycles. The van der Waals surface area contributed by atoms with Gasteiger partial charge >= 0.3 is 0 Å². The van der Waals surface area contributed by atoms with E-state index in [-0.39, 0.29) is 11.5 Å². The molecule has 0 N–H and O–H groups in total. The second kappa shape index (κ2) is 3.82. The second-order valence-electron chi connectivity index (χ2n) is 5.74. The van der Waals surface area contributed by atoms with Crippen LogP contribution in [0.1, 0.15) is 16.7 Å². The lowest BCUT2D eigenvalue weighted by atomic mass is 10.1. The van der Waals surface area contributed by atoms with Crippen molar-refractivity contribution in [3.8, 4) is 0 Å². The smallest absolute Gasteiger partial charge is 0.158 e. The Hall–Kier alpha value is -0.873. The van der Waals surface area contributed by atoms with E-state index in [9.17, 15) is 8.42 Å². The van der Waals surface area contributed by atoms with Crippen LogP contribution in [0.25, 0.3) is 5.20 Å². The molecule has 0 aliphatic carbocycles. The van der Waals surface area contributed by atoms with Gasteiger partial charge in [0.05, 0.1) is 19.6 Å². The van der Waals surface area contributed by atoms with Gasteiger partial charge in [-0.25, -0.2) is 8.42 Å². The van der Waals surface area contributed by atoms with Crippen LogP contribution in [0.5, 0.6) is 0 Å². The number of sulfone groups is 1. The van der Waals surface area contributed by atoms with Crippen molar-refractivity contribution in [2.24, 2.45) is 0 Å². The zero-order chi connectivity index (χ0) is 12.8. The van der Waals surface area contributed by atoms with Gasteiger partial charge in [0.15, 0.2) is 9.84 Å². The minimum Gasteiger partial charge on any atom is -0.228 e. The molecule has 0 spiro atoms. The fourth-order valence-electron chi connectivity index (χ4n) is 2.05. The van der Waals surface area contributed by atoms with Crippen LogP contribution < -0.4 is 0 Å². The predicted octanol–water partition coefficient (Wildman–Crippen LogP) is 3.01. The van der Waals surface area contributed by atoms with Crippen LogP contribution in [0, 0.1) is 0 Å². The molecule has 1 aliphatic heterocycles. The molecule has 0 bridgehead atoms. The van der Waals surface area contributed by atoms with Gasteiger partial charge in [-0.1, -0.05) is 49.6 Å². The molecule has 0 amide bonds. The van der Waals surface area contributed by atoms with Crippen molar-refractivity contribution in [1.29, 1.82) is 0 Å². The summed E-state index contributed by atoms with van der Waals surface area (Å²) in [6, 6.07) is 5.97. The Bertz CT molecular complexity index is 580. The molecule has 1 aromatic carbocycles. The highest BCUT2D eigenvalue weighted by Gasteiger charge is 2.26. The summed E-state index contributed by atoms with van der Waals surface area (Å²) in [6.07, 6.45) is 0. The van der Waals surface area contributed by atoms with Gasteiger partial charge < -0.3 is 0 Å². The molecule has 2 rings (SSSR count). The van der Waals surface area contributed by atoms with Gasteiger partial charge in [-0.05, 0) is 16.7 Å². The van der Waals surface area contributed by atoms with Crippen LogP contribution in [0.2, 0.25) is 19.6 Å². The molecule has 17 heavy (non-hydrogen) atoms. The predicted molar refractivity (Wildman–Crippen MR) is 75.1 cm³/mol. The SMILES string of the molecule is C=C(c1ccc2c(c1)CS(=O)(=O)C2)[Si](C)(C)C. The van der Waals surface area contributed by atoms with Crippen molar-refractivity contribution in [3.63, 3.8) is 0 Å². The fourth-order valence-corrected chi connectivity index (χ4v) is 4.67. The van der Waals surface area contributed by atoms with Crippen LogP contribution in [0.3, 0.4) is 0 Å². The quantitative estimate of drug-likeness (QED) is 0.771. The normalized spacial score (nSPS) is 17.8. The van der Waals surface area contributed by atoms with Crippen LogP contribution in [-0.2, 0) is 21.3 Å². The molecule has 1 aliphatic rings. The highest BCUT2D eigenvalue weighted by molar-refractivity contribution is 7.90. The Kier molecular flexibility index (Phi) is 2.82. The Morgan fingerprint density at radius 1 is 1.18 bits per heavy atom. The lowest BCUT2D eigenvalue weighted by Crippen LogP contribution is -2.21. The van der Waals surface area contributed by atoms with Crippen LogP contribution in [-0.4, -0.2) is 16.5 Å². The van der Waals surface area contributed by atoms with Crippen LogP contribution in [0.15, 0.2) is 24.8 Å². The van der Waals surface area contributed by atoms with E-state index in [0.29, 0.717) is 0 Å². The average molecular weight is 266 g/mol. The first-order valence-electron chi connectivity index (χ1n) is 5.71. The first kappa shape index (κ1) is 12.6. The summed E-state index contributed by atoms with van der Waals surface area (Å²) >= 11 is 0. The van der Waals surface area contributed by atoms with Gasteiger partial charge in [-0.3, -0.25) is 0 Å². The number of hydrogen-bond donors (Lipinski definition) is 0. The molecule has 0 fully saturated rings. The first-order valence-corrected chi connectivity index (χ1v) is 11.0. The van der Waals surface area contributed by atoms with E-state index in [2.05, 4.69) is 26.2 Å². The summed E-state index contributed by atoms with van der Waals surface area (Å²) in [5.41, 5.74) is 3.03. The van der Waals surface area contributed by atoms with Crippen molar-refractivity contribution >= 4 is 23.1 Å². The zero-order valence-corrected chi connectivity index (χ0v) is 12.4. The van der Waals surface area contributed by atoms with E-state index in [1.807, 2.05) is 18.2 Å². The number of fused-ring (bicyclic) bond motifs is 1. The molecule has 2 nitrogen and oxygen atoms in total. The molecule has 4 heteroatoms. The molecular weight excluding hydrogens is 248 g/mol. The van der Waals surface area contributed by atoms with E-state index >= 15 is 0 Å². The summed E-state index contributed by atoms with van der Waals surface area (Å²) in [5.74, 6) is 0.386. The highest BCUT2D eigenvalue weighted by atomic mass is 32.2. The summed E-state index contributed by atoms with van der Waals surface area (Å²) in [5, 5.41) is 1.18. The topological polar surface area (TPSA) is 34.1 Å². The van der Waals surface area contributed by atoms with Gasteiger partial charge in [-0.15, -0.1) is 0 Å². The summed E-state index contributed by atoms with van der Waals surface area (Å²) in [4.78, 5) is 0. The van der Waals surface area contributed by atoms with Crippen LogP contribution in [0.4, 0.5) is 0 Å². The van der Waals surface area contributed by atoms with Gasteiger partial charge in [0.2, 0.25) is 0 Å². The number of hydrogen-bond acceptors (Lipinski definition) is 2. The Morgan fingerprint density at radius 2 is 1.76 bits per heavy atom. The highest BCUT2D eigenvalue weighted by Crippen LogP contribution is 2.30. The Balaban J connectivity index is 2.41. The van der Waals surface area contributed by atoms with Crippen LogP contribution >= 0.6 is 0 Å². The molecule has 0 saturated carbocycles. The van der Waals surface area contributed by atoms with Crippen molar-refractivity contribution in [2.75, 3.05) is 0 Å². The van der Waals surface area contributed by atoms with E-state index in [4.69, 9.17) is 0 Å². The summed E-state index contributed by atoms with van der Waals surface area (Å²) in [7, 11) is -4.32. The van der Waals surface area contributed by atoms with E-state index in [1.165, 1.54) is 5.20 Å². The molecule has 92 valence electrons. The lowest BCUT2D eigenvalue weighted by molar-refractivity contribution is 0.598. The second-order valence-corrected chi connectivity index (χ2v) is 12.9. The molecule has 1 aromatic rings. The fraction of sp³-hybridized carbons (Fsp3) is 0.385. The van der Waals surface area contributed by atoms with Crippen molar-refractivity contribution in [2.45, 2.75) is 31.1 Å². The molecule has 0 unspecified atom stereocenters. The zero-order valence-electron chi connectivity index (χ0n) is 10.6. The van der Waals surface area contributed by atoms with Crippen molar-refractivity contribution in [1.82, 2.24) is 0 Å². The lowest BCUT2D eigenvalue weighted by Gasteiger charge is -2.20. The van der Waals surface area contributed by atoms with Crippen molar-refractivity contribution in [3.05, 3.63) is 41.5 Å². The number of rotatable bonds is 2. The monoisotopic (exact) mass is 266 g/mol. The molecule has 0 atom stereocenters. The van der Waals surface area contributed by atoms with E-state index in [1.54, 1.807) is 0 Å². The molecule has 0 aromatic heterocycles. The third-order valence-corrected chi connectivity index (χ3v) is 6.81. The first-order chi connectivity index (χ1) is 7.69. The third kappa shape index (κ3) is 2.53. The van der Waals surface area contributed by atoms with Gasteiger partial charge in [0, 0.05) is 0 Å². The maximum atomic E-state index is 11.6. The molecule has 0 radical (unpaired) electrons. The summed E-state index contributed by atoms with van der Waals surface area (Å²) < 4.78 is 23.1. The Morgan fingerprint density at radius 3 is 2.35 bits per heavy atom. The number of benzene rings is 1. The minimum atomic E-state index is -2.90. The standard InChI is InChI=1S/C13H18O2SSi/c1-10(17(2,3)4)11-5-6-12-8-16(14,15)9-13(12)7-11/h5-7H,1,8-9H2,2-4H3.